The van der Waals surface area contributed by atoms with E-state index in [1.54, 1.807) is 6.20 Å². The molecule has 4 aromatic rings. The van der Waals surface area contributed by atoms with Crippen LogP contribution in [0.5, 0.6) is 0 Å². The van der Waals surface area contributed by atoms with Crippen LogP contribution in [-0.2, 0) is 17.3 Å². The van der Waals surface area contributed by atoms with Gasteiger partial charge in [0.05, 0.1) is 28.9 Å². The Morgan fingerprint density at radius 3 is 2.43 bits per heavy atom. The highest BCUT2D eigenvalue weighted by molar-refractivity contribution is 7.19. The smallest absolute Gasteiger partial charge is 0.417 e. The van der Waals surface area contributed by atoms with Crippen molar-refractivity contribution in [3.8, 4) is 21.7 Å². The predicted molar refractivity (Wildman–Crippen MR) is 138 cm³/mol. The first-order valence-electron chi connectivity index (χ1n) is 11.6. The van der Waals surface area contributed by atoms with Crippen molar-refractivity contribution in [3.63, 3.8) is 0 Å². The number of benzene rings is 1. The Kier molecular flexibility index (Phi) is 7.87. The second kappa shape index (κ2) is 11.1. The van der Waals surface area contributed by atoms with Gasteiger partial charge in [-0.05, 0) is 42.5 Å². The van der Waals surface area contributed by atoms with E-state index in [0.29, 0.717) is 17.2 Å². The Hall–Kier alpha value is -3.79. The molecule has 192 valence electrons. The quantitative estimate of drug-likeness (QED) is 0.241. The number of alkyl halides is 3. The standard InChI is InChI=1S/C27H25F3N4O2S/c1-16(2)7-12-22-23(18-10-8-17(9-11-18)21-6-4-5-13-31-21)37-26(33-22)34-24-20(25(35)36-3)14-19(15-32-24)27(28,29)30/h4-6,8-11,13-16H,7,12H2,1-3H3,(H,32,33,34). The largest absolute Gasteiger partial charge is 0.465 e. The second-order valence-corrected chi connectivity index (χ2v) is 9.75. The topological polar surface area (TPSA) is 77.0 Å². The maximum Gasteiger partial charge on any atom is 0.417 e. The molecular formula is C27H25F3N4O2S. The number of nitrogens with one attached hydrogen (secondary N) is 1. The minimum Gasteiger partial charge on any atom is -0.465 e. The molecule has 0 bridgehead atoms. The number of hydrogen-bond donors (Lipinski definition) is 1. The van der Waals surface area contributed by atoms with Crippen LogP contribution in [0.1, 0.15) is 41.9 Å². The van der Waals surface area contributed by atoms with Crippen LogP contribution < -0.4 is 5.32 Å². The van der Waals surface area contributed by atoms with Crippen LogP contribution in [0.25, 0.3) is 21.7 Å². The van der Waals surface area contributed by atoms with Gasteiger partial charge in [-0.25, -0.2) is 14.8 Å². The molecule has 0 radical (unpaired) electrons. The highest BCUT2D eigenvalue weighted by Crippen LogP contribution is 2.37. The minimum atomic E-state index is -4.64. The number of methoxy groups -OCH3 is 1. The third-order valence-electron chi connectivity index (χ3n) is 5.61. The van der Waals surface area contributed by atoms with Gasteiger partial charge in [-0.2, -0.15) is 13.2 Å². The molecule has 0 aliphatic carbocycles. The van der Waals surface area contributed by atoms with Gasteiger partial charge in [-0.3, -0.25) is 4.98 Å². The van der Waals surface area contributed by atoms with Gasteiger partial charge in [0.1, 0.15) is 11.4 Å². The van der Waals surface area contributed by atoms with Crippen LogP contribution in [0, 0.1) is 5.92 Å². The van der Waals surface area contributed by atoms with E-state index in [9.17, 15) is 18.0 Å². The summed E-state index contributed by atoms with van der Waals surface area (Å²) in [5.74, 6) is -0.524. The van der Waals surface area contributed by atoms with E-state index in [0.717, 1.165) is 53.4 Å². The van der Waals surface area contributed by atoms with E-state index in [2.05, 4.69) is 33.9 Å². The summed E-state index contributed by atoms with van der Waals surface area (Å²) in [6.07, 6.45) is -0.592. The van der Waals surface area contributed by atoms with E-state index >= 15 is 0 Å². The summed E-state index contributed by atoms with van der Waals surface area (Å²) < 4.78 is 44.3. The van der Waals surface area contributed by atoms with Gasteiger partial charge in [0.15, 0.2) is 5.13 Å². The summed E-state index contributed by atoms with van der Waals surface area (Å²) in [5, 5.41) is 3.36. The number of aromatic nitrogens is 3. The Morgan fingerprint density at radius 1 is 1.08 bits per heavy atom. The van der Waals surface area contributed by atoms with Crippen molar-refractivity contribution in [2.75, 3.05) is 12.4 Å². The Balaban J connectivity index is 1.69. The van der Waals surface area contributed by atoms with Crippen molar-refractivity contribution in [2.24, 2.45) is 5.92 Å². The van der Waals surface area contributed by atoms with Crippen molar-refractivity contribution in [2.45, 2.75) is 32.9 Å². The molecule has 3 heterocycles. The van der Waals surface area contributed by atoms with E-state index in [1.165, 1.54) is 11.3 Å². The second-order valence-electron chi connectivity index (χ2n) is 8.75. The number of carbonyl (C=O) groups excluding carboxylic acids is 1. The van der Waals surface area contributed by atoms with E-state index in [4.69, 9.17) is 4.98 Å². The van der Waals surface area contributed by atoms with Gasteiger partial charge in [0.2, 0.25) is 0 Å². The summed E-state index contributed by atoms with van der Waals surface area (Å²) in [5.41, 5.74) is 2.30. The fraction of sp³-hybridized carbons (Fsp3) is 0.259. The van der Waals surface area contributed by atoms with Gasteiger partial charge in [0, 0.05) is 18.0 Å². The normalized spacial score (nSPS) is 11.5. The van der Waals surface area contributed by atoms with Gasteiger partial charge >= 0.3 is 12.1 Å². The molecule has 0 unspecified atom stereocenters. The third-order valence-corrected chi connectivity index (χ3v) is 6.67. The van der Waals surface area contributed by atoms with Gasteiger partial charge in [0.25, 0.3) is 0 Å². The molecule has 37 heavy (non-hydrogen) atoms. The molecule has 0 atom stereocenters. The Morgan fingerprint density at radius 2 is 1.81 bits per heavy atom. The van der Waals surface area contributed by atoms with Crippen molar-refractivity contribution in [3.05, 3.63) is 77.7 Å². The van der Waals surface area contributed by atoms with Crippen LogP contribution in [0.15, 0.2) is 60.9 Å². The third kappa shape index (κ3) is 6.32. The number of anilines is 2. The molecule has 0 aliphatic rings. The number of esters is 1. The van der Waals surface area contributed by atoms with Gasteiger partial charge in [-0.1, -0.05) is 55.5 Å². The number of carbonyl (C=O) groups is 1. The molecule has 0 amide bonds. The monoisotopic (exact) mass is 526 g/mol. The number of nitrogens with zero attached hydrogens (tertiary/aromatic N) is 3. The average molecular weight is 527 g/mol. The zero-order chi connectivity index (χ0) is 26.6. The summed E-state index contributed by atoms with van der Waals surface area (Å²) in [4.78, 5) is 26.1. The maximum atomic E-state index is 13.2. The Labute approximate surface area is 216 Å². The lowest BCUT2D eigenvalue weighted by Crippen LogP contribution is -2.12. The molecule has 0 aliphatic heterocycles. The summed E-state index contributed by atoms with van der Waals surface area (Å²) in [7, 11) is 1.10. The number of aryl methyl sites for hydroxylation is 1. The molecule has 10 heteroatoms. The molecule has 0 fully saturated rings. The molecule has 1 N–H and O–H groups in total. The molecule has 0 spiro atoms. The summed E-state index contributed by atoms with van der Waals surface area (Å²) in [6.45, 7) is 4.25. The molecule has 0 saturated carbocycles. The van der Waals surface area contributed by atoms with Crippen LogP contribution in [0.4, 0.5) is 24.1 Å². The number of halogens is 3. The fourth-order valence-corrected chi connectivity index (χ4v) is 4.65. The number of thiazole rings is 1. The van der Waals surface area contributed by atoms with Crippen LogP contribution in [0.2, 0.25) is 0 Å². The number of ether oxygens (including phenoxy) is 1. The fourth-order valence-electron chi connectivity index (χ4n) is 3.64. The van der Waals surface area contributed by atoms with Crippen molar-refractivity contribution in [1.29, 1.82) is 0 Å². The van der Waals surface area contributed by atoms with Gasteiger partial charge in [-0.15, -0.1) is 0 Å². The summed E-state index contributed by atoms with van der Waals surface area (Å²) >= 11 is 1.35. The average Bonchev–Trinajstić information content (AvgIpc) is 3.29. The number of rotatable bonds is 8. The highest BCUT2D eigenvalue weighted by atomic mass is 32.1. The highest BCUT2D eigenvalue weighted by Gasteiger charge is 2.33. The molecule has 0 saturated heterocycles. The van der Waals surface area contributed by atoms with Crippen LogP contribution in [0.3, 0.4) is 0 Å². The zero-order valence-corrected chi connectivity index (χ0v) is 21.3. The lowest BCUT2D eigenvalue weighted by molar-refractivity contribution is -0.137. The number of pyridine rings is 2. The van der Waals surface area contributed by atoms with Crippen molar-refractivity contribution < 1.29 is 22.7 Å². The summed E-state index contributed by atoms with van der Waals surface area (Å²) in [6, 6.07) is 14.4. The van der Waals surface area contributed by atoms with Crippen LogP contribution in [-0.4, -0.2) is 28.0 Å². The van der Waals surface area contributed by atoms with Crippen molar-refractivity contribution in [1.82, 2.24) is 15.0 Å². The van der Waals surface area contributed by atoms with E-state index in [1.807, 2.05) is 42.5 Å². The van der Waals surface area contributed by atoms with E-state index in [-0.39, 0.29) is 11.4 Å². The Bertz CT molecular complexity index is 1370. The SMILES string of the molecule is COC(=O)c1cc(C(F)(F)F)cnc1Nc1nc(CCC(C)C)c(-c2ccc(-c3ccccn3)cc2)s1. The predicted octanol–water partition coefficient (Wildman–Crippen LogP) is 7.40. The zero-order valence-electron chi connectivity index (χ0n) is 20.5. The molecule has 4 rings (SSSR count). The molecule has 3 aromatic heterocycles. The van der Waals surface area contributed by atoms with Gasteiger partial charge < -0.3 is 10.1 Å². The first-order valence-corrected chi connectivity index (χ1v) is 12.4. The molecular weight excluding hydrogens is 501 g/mol. The molecule has 1 aromatic carbocycles. The maximum absolute atomic E-state index is 13.2. The van der Waals surface area contributed by atoms with E-state index < -0.39 is 17.7 Å². The van der Waals surface area contributed by atoms with Crippen molar-refractivity contribution >= 4 is 28.3 Å². The minimum absolute atomic E-state index is 0.0546. The lowest BCUT2D eigenvalue weighted by Gasteiger charge is -2.11. The number of hydrogen-bond acceptors (Lipinski definition) is 7. The molecule has 6 nitrogen and oxygen atoms in total. The van der Waals surface area contributed by atoms with Crippen LogP contribution >= 0.6 is 11.3 Å². The first kappa shape index (κ1) is 26.3. The first-order chi connectivity index (χ1) is 17.7. The lowest BCUT2D eigenvalue weighted by atomic mass is 10.0.